The second-order valence-corrected chi connectivity index (χ2v) is 5.08. The zero-order valence-corrected chi connectivity index (χ0v) is 11.4. The fraction of sp³-hybridized carbons (Fsp3) is 0.294. The molecule has 0 heterocycles. The minimum atomic E-state index is 0.547. The molecule has 0 aliphatic rings. The first-order valence-electron chi connectivity index (χ1n) is 6.55. The van der Waals surface area contributed by atoms with Crippen molar-refractivity contribution in [2.45, 2.75) is 33.2 Å². The molecular formula is C17H21N. The molecule has 2 rings (SSSR count). The summed E-state index contributed by atoms with van der Waals surface area (Å²) in [5, 5.41) is 3.54. The van der Waals surface area contributed by atoms with E-state index >= 15 is 0 Å². The molecule has 1 heteroatoms. The number of benzene rings is 2. The molecule has 0 saturated carbocycles. The van der Waals surface area contributed by atoms with Gasteiger partial charge in [0.2, 0.25) is 0 Å². The first kappa shape index (κ1) is 12.7. The molecule has 0 saturated heterocycles. The molecule has 0 aliphatic heterocycles. The van der Waals surface area contributed by atoms with Crippen LogP contribution in [0, 0.1) is 6.92 Å². The number of para-hydroxylation sites is 1. The maximum absolute atomic E-state index is 3.54. The molecule has 18 heavy (non-hydrogen) atoms. The van der Waals surface area contributed by atoms with Crippen LogP contribution >= 0.6 is 0 Å². The summed E-state index contributed by atoms with van der Waals surface area (Å²) in [6, 6.07) is 17.2. The van der Waals surface area contributed by atoms with Gasteiger partial charge >= 0.3 is 0 Å². The van der Waals surface area contributed by atoms with Crippen LogP contribution in [0.1, 0.15) is 36.5 Å². The number of aryl methyl sites for hydroxylation is 1. The molecule has 1 nitrogen and oxygen atoms in total. The third-order valence-corrected chi connectivity index (χ3v) is 3.15. The highest BCUT2D eigenvalue weighted by Gasteiger charge is 2.04. The summed E-state index contributed by atoms with van der Waals surface area (Å²) in [5.74, 6) is 0.547. The monoisotopic (exact) mass is 239 g/mol. The maximum Gasteiger partial charge on any atom is 0.0400 e. The van der Waals surface area contributed by atoms with Crippen LogP contribution < -0.4 is 5.32 Å². The van der Waals surface area contributed by atoms with Crippen LogP contribution in [0.15, 0.2) is 48.5 Å². The number of hydrogen-bond donors (Lipinski definition) is 1. The van der Waals surface area contributed by atoms with Crippen LogP contribution in [0.3, 0.4) is 0 Å². The topological polar surface area (TPSA) is 12.0 Å². The Labute approximate surface area is 110 Å². The zero-order chi connectivity index (χ0) is 13.0. The van der Waals surface area contributed by atoms with Gasteiger partial charge in [-0.1, -0.05) is 61.9 Å². The van der Waals surface area contributed by atoms with Gasteiger partial charge in [-0.3, -0.25) is 0 Å². The van der Waals surface area contributed by atoms with E-state index in [1.165, 1.54) is 22.4 Å². The molecule has 0 aromatic heterocycles. The predicted octanol–water partition coefficient (Wildman–Crippen LogP) is 4.73. The zero-order valence-electron chi connectivity index (χ0n) is 11.4. The van der Waals surface area contributed by atoms with Gasteiger partial charge in [0.15, 0.2) is 0 Å². The molecule has 0 atom stereocenters. The van der Waals surface area contributed by atoms with E-state index in [0.29, 0.717) is 5.92 Å². The van der Waals surface area contributed by atoms with E-state index in [4.69, 9.17) is 0 Å². The average molecular weight is 239 g/mol. The van der Waals surface area contributed by atoms with E-state index in [-0.39, 0.29) is 0 Å². The summed E-state index contributed by atoms with van der Waals surface area (Å²) < 4.78 is 0. The standard InChI is InChI=1S/C17H21N/c1-13(2)16-9-4-5-10-17(16)18-12-15-8-6-7-14(3)11-15/h4-11,13,18H,12H2,1-3H3. The second-order valence-electron chi connectivity index (χ2n) is 5.08. The quantitative estimate of drug-likeness (QED) is 0.813. The Bertz CT molecular complexity index is 515. The van der Waals surface area contributed by atoms with Crippen molar-refractivity contribution < 1.29 is 0 Å². The first-order chi connectivity index (χ1) is 8.66. The normalized spacial score (nSPS) is 10.7. The van der Waals surface area contributed by atoms with E-state index in [1.54, 1.807) is 0 Å². The molecule has 0 aliphatic carbocycles. The van der Waals surface area contributed by atoms with Crippen LogP contribution in [-0.4, -0.2) is 0 Å². The Morgan fingerprint density at radius 1 is 1.00 bits per heavy atom. The highest BCUT2D eigenvalue weighted by molar-refractivity contribution is 5.52. The van der Waals surface area contributed by atoms with E-state index in [0.717, 1.165) is 6.54 Å². The molecular weight excluding hydrogens is 218 g/mol. The fourth-order valence-electron chi connectivity index (χ4n) is 2.18. The highest BCUT2D eigenvalue weighted by Crippen LogP contribution is 2.24. The molecule has 2 aromatic carbocycles. The lowest BCUT2D eigenvalue weighted by Gasteiger charge is -2.14. The lowest BCUT2D eigenvalue weighted by molar-refractivity contribution is 0.865. The third kappa shape index (κ3) is 3.13. The summed E-state index contributed by atoms with van der Waals surface area (Å²) in [7, 11) is 0. The molecule has 2 aromatic rings. The molecule has 0 unspecified atom stereocenters. The van der Waals surface area contributed by atoms with Crippen LogP contribution in [0.4, 0.5) is 5.69 Å². The van der Waals surface area contributed by atoms with Crippen LogP contribution in [0.25, 0.3) is 0 Å². The van der Waals surface area contributed by atoms with Gasteiger partial charge in [-0.2, -0.15) is 0 Å². The predicted molar refractivity (Wildman–Crippen MR) is 79.0 cm³/mol. The Hall–Kier alpha value is -1.76. The van der Waals surface area contributed by atoms with E-state index in [2.05, 4.69) is 74.6 Å². The second kappa shape index (κ2) is 5.72. The van der Waals surface area contributed by atoms with Crippen molar-refractivity contribution in [1.82, 2.24) is 0 Å². The first-order valence-corrected chi connectivity index (χ1v) is 6.55. The smallest absolute Gasteiger partial charge is 0.0400 e. The van der Waals surface area contributed by atoms with Crippen LogP contribution in [0.5, 0.6) is 0 Å². The summed E-state index contributed by atoms with van der Waals surface area (Å²) >= 11 is 0. The average Bonchev–Trinajstić information content (AvgIpc) is 2.37. The van der Waals surface area contributed by atoms with Gasteiger partial charge in [0, 0.05) is 12.2 Å². The minimum Gasteiger partial charge on any atom is -0.381 e. The summed E-state index contributed by atoms with van der Waals surface area (Å²) in [6.07, 6.45) is 0. The van der Waals surface area contributed by atoms with Gasteiger partial charge in [-0.15, -0.1) is 0 Å². The van der Waals surface area contributed by atoms with Crippen LogP contribution in [0.2, 0.25) is 0 Å². The Morgan fingerprint density at radius 3 is 2.50 bits per heavy atom. The van der Waals surface area contributed by atoms with Crippen molar-refractivity contribution in [3.8, 4) is 0 Å². The SMILES string of the molecule is Cc1cccc(CNc2ccccc2C(C)C)c1. The van der Waals surface area contributed by atoms with Crippen molar-refractivity contribution in [3.63, 3.8) is 0 Å². The largest absolute Gasteiger partial charge is 0.381 e. The maximum atomic E-state index is 3.54. The lowest BCUT2D eigenvalue weighted by Crippen LogP contribution is -2.03. The van der Waals surface area contributed by atoms with Crippen molar-refractivity contribution in [2.24, 2.45) is 0 Å². The summed E-state index contributed by atoms with van der Waals surface area (Å²) in [6.45, 7) is 7.47. The van der Waals surface area contributed by atoms with Crippen molar-refractivity contribution in [1.29, 1.82) is 0 Å². The van der Waals surface area contributed by atoms with Crippen molar-refractivity contribution in [3.05, 3.63) is 65.2 Å². The van der Waals surface area contributed by atoms with Crippen molar-refractivity contribution in [2.75, 3.05) is 5.32 Å². The Morgan fingerprint density at radius 2 is 1.78 bits per heavy atom. The van der Waals surface area contributed by atoms with Gasteiger partial charge < -0.3 is 5.32 Å². The van der Waals surface area contributed by atoms with Gasteiger partial charge in [0.1, 0.15) is 0 Å². The number of hydrogen-bond acceptors (Lipinski definition) is 1. The Balaban J connectivity index is 2.11. The van der Waals surface area contributed by atoms with Crippen molar-refractivity contribution >= 4 is 5.69 Å². The van der Waals surface area contributed by atoms with Gasteiger partial charge in [0.05, 0.1) is 0 Å². The lowest BCUT2D eigenvalue weighted by atomic mass is 10.0. The minimum absolute atomic E-state index is 0.547. The molecule has 94 valence electrons. The molecule has 1 N–H and O–H groups in total. The van der Waals surface area contributed by atoms with Gasteiger partial charge in [0.25, 0.3) is 0 Å². The number of rotatable bonds is 4. The molecule has 0 radical (unpaired) electrons. The van der Waals surface area contributed by atoms with E-state index in [1.807, 2.05) is 0 Å². The van der Waals surface area contributed by atoms with E-state index < -0.39 is 0 Å². The summed E-state index contributed by atoms with van der Waals surface area (Å²) in [5.41, 5.74) is 5.26. The summed E-state index contributed by atoms with van der Waals surface area (Å²) in [4.78, 5) is 0. The molecule has 0 bridgehead atoms. The number of nitrogens with one attached hydrogen (secondary N) is 1. The number of anilines is 1. The Kier molecular flexibility index (Phi) is 4.03. The van der Waals surface area contributed by atoms with Gasteiger partial charge in [-0.05, 0) is 30.0 Å². The van der Waals surface area contributed by atoms with Crippen LogP contribution in [-0.2, 0) is 6.54 Å². The molecule has 0 amide bonds. The molecule has 0 fully saturated rings. The fourth-order valence-corrected chi connectivity index (χ4v) is 2.18. The van der Waals surface area contributed by atoms with E-state index in [9.17, 15) is 0 Å². The molecule has 0 spiro atoms. The highest BCUT2D eigenvalue weighted by atomic mass is 14.9. The van der Waals surface area contributed by atoms with Gasteiger partial charge in [-0.25, -0.2) is 0 Å². The third-order valence-electron chi connectivity index (χ3n) is 3.15.